The lowest BCUT2D eigenvalue weighted by molar-refractivity contribution is 0.0588. The molecule has 0 spiro atoms. The van der Waals surface area contributed by atoms with Crippen molar-refractivity contribution in [3.8, 4) is 0 Å². The highest BCUT2D eigenvalue weighted by Gasteiger charge is 2.23. The topological polar surface area (TPSA) is 36.0 Å². The van der Waals surface area contributed by atoms with Crippen LogP contribution >= 0.6 is 0 Å². The average Bonchev–Trinajstić information content (AvgIpc) is 2.45. The standard InChI is InChI=1S/C17H26FN3O2/c1-17(2,3)23-16(22)20(5)15-7-6-13(12-14(15)18)21-10-8-19(4)9-11-21/h6-7,12H,8-11H2,1-5H3. The minimum Gasteiger partial charge on any atom is -0.443 e. The first-order valence-corrected chi connectivity index (χ1v) is 7.87. The Balaban J connectivity index is 2.11. The van der Waals surface area contributed by atoms with E-state index in [0.717, 1.165) is 31.9 Å². The average molecular weight is 323 g/mol. The molecular formula is C17H26FN3O2. The van der Waals surface area contributed by atoms with Gasteiger partial charge in [-0.1, -0.05) is 0 Å². The van der Waals surface area contributed by atoms with E-state index < -0.39 is 17.5 Å². The maximum absolute atomic E-state index is 14.4. The second-order valence-electron chi connectivity index (χ2n) is 6.97. The van der Waals surface area contributed by atoms with Gasteiger partial charge < -0.3 is 14.5 Å². The second-order valence-corrected chi connectivity index (χ2v) is 6.97. The fourth-order valence-corrected chi connectivity index (χ4v) is 2.46. The lowest BCUT2D eigenvalue weighted by Crippen LogP contribution is -2.44. The molecule has 0 aliphatic carbocycles. The molecule has 0 unspecified atom stereocenters. The smallest absolute Gasteiger partial charge is 0.414 e. The molecule has 0 N–H and O–H groups in total. The molecule has 1 saturated heterocycles. The summed E-state index contributed by atoms with van der Waals surface area (Å²) in [7, 11) is 3.60. The van der Waals surface area contributed by atoms with Gasteiger partial charge in [0.15, 0.2) is 0 Å². The maximum Gasteiger partial charge on any atom is 0.414 e. The van der Waals surface area contributed by atoms with Crippen molar-refractivity contribution in [2.45, 2.75) is 26.4 Å². The van der Waals surface area contributed by atoms with E-state index in [4.69, 9.17) is 4.74 Å². The molecule has 2 rings (SSSR count). The van der Waals surface area contributed by atoms with E-state index in [1.54, 1.807) is 26.8 Å². The van der Waals surface area contributed by atoms with Gasteiger partial charge in [0.1, 0.15) is 11.4 Å². The van der Waals surface area contributed by atoms with Crippen LogP contribution < -0.4 is 9.80 Å². The van der Waals surface area contributed by atoms with E-state index in [2.05, 4.69) is 16.8 Å². The molecule has 5 nitrogen and oxygen atoms in total. The summed E-state index contributed by atoms with van der Waals surface area (Å²) in [6.07, 6.45) is -0.566. The van der Waals surface area contributed by atoms with Gasteiger partial charge in [-0.3, -0.25) is 4.90 Å². The molecule has 0 bridgehead atoms. The Bertz CT molecular complexity index is 563. The van der Waals surface area contributed by atoms with E-state index >= 15 is 0 Å². The fraction of sp³-hybridized carbons (Fsp3) is 0.588. The number of carbonyl (C=O) groups excluding carboxylic acids is 1. The number of piperazine rings is 1. The Morgan fingerprint density at radius 2 is 1.83 bits per heavy atom. The van der Waals surface area contributed by atoms with Crippen LogP contribution in [0.1, 0.15) is 20.8 Å². The molecule has 1 heterocycles. The van der Waals surface area contributed by atoms with E-state index in [1.165, 1.54) is 18.0 Å². The van der Waals surface area contributed by atoms with Gasteiger partial charge in [0, 0.05) is 38.9 Å². The molecular weight excluding hydrogens is 297 g/mol. The summed E-state index contributed by atoms with van der Waals surface area (Å²) < 4.78 is 19.7. The van der Waals surface area contributed by atoms with Gasteiger partial charge in [0.25, 0.3) is 0 Å². The summed E-state index contributed by atoms with van der Waals surface area (Å²) in [4.78, 5) is 17.7. The van der Waals surface area contributed by atoms with Crippen molar-refractivity contribution in [3.63, 3.8) is 0 Å². The number of anilines is 2. The van der Waals surface area contributed by atoms with Gasteiger partial charge in [-0.25, -0.2) is 9.18 Å². The van der Waals surface area contributed by atoms with E-state index in [0.29, 0.717) is 0 Å². The SMILES string of the molecule is CN1CCN(c2ccc(N(C)C(=O)OC(C)(C)C)c(F)c2)CC1. The van der Waals surface area contributed by atoms with Crippen molar-refractivity contribution < 1.29 is 13.9 Å². The number of halogens is 1. The zero-order valence-corrected chi connectivity index (χ0v) is 14.6. The zero-order valence-electron chi connectivity index (χ0n) is 14.6. The minimum absolute atomic E-state index is 0.220. The van der Waals surface area contributed by atoms with Crippen LogP contribution in [0.3, 0.4) is 0 Å². The van der Waals surface area contributed by atoms with Crippen LogP contribution in [-0.4, -0.2) is 56.9 Å². The normalized spacial score (nSPS) is 16.3. The molecule has 0 atom stereocenters. The first-order valence-electron chi connectivity index (χ1n) is 7.87. The molecule has 0 aromatic heterocycles. The molecule has 23 heavy (non-hydrogen) atoms. The van der Waals surface area contributed by atoms with E-state index in [1.807, 2.05) is 6.07 Å². The summed E-state index contributed by atoms with van der Waals surface area (Å²) in [5, 5.41) is 0. The molecule has 1 aliphatic rings. The van der Waals surface area contributed by atoms with Gasteiger partial charge in [-0.15, -0.1) is 0 Å². The van der Waals surface area contributed by atoms with Gasteiger partial charge >= 0.3 is 6.09 Å². The van der Waals surface area contributed by atoms with Gasteiger partial charge in [-0.2, -0.15) is 0 Å². The van der Waals surface area contributed by atoms with Crippen LogP contribution in [0.2, 0.25) is 0 Å². The highest BCUT2D eigenvalue weighted by molar-refractivity contribution is 5.87. The van der Waals surface area contributed by atoms with Crippen LogP contribution in [0.4, 0.5) is 20.6 Å². The Morgan fingerprint density at radius 3 is 2.35 bits per heavy atom. The molecule has 1 aromatic rings. The number of rotatable bonds is 2. The van der Waals surface area contributed by atoms with Crippen LogP contribution in [0, 0.1) is 5.82 Å². The number of nitrogens with zero attached hydrogens (tertiary/aromatic N) is 3. The van der Waals surface area contributed by atoms with Crippen LogP contribution in [0.25, 0.3) is 0 Å². The quantitative estimate of drug-likeness (QED) is 0.838. The van der Waals surface area contributed by atoms with Gasteiger partial charge in [0.05, 0.1) is 5.69 Å². The largest absolute Gasteiger partial charge is 0.443 e. The van der Waals surface area contributed by atoms with Gasteiger partial charge in [0.2, 0.25) is 0 Å². The van der Waals surface area contributed by atoms with E-state index in [-0.39, 0.29) is 5.69 Å². The van der Waals surface area contributed by atoms with Crippen molar-refractivity contribution in [1.29, 1.82) is 0 Å². The summed E-state index contributed by atoms with van der Waals surface area (Å²) in [6.45, 7) is 9.01. The second kappa shape index (κ2) is 6.74. The molecule has 1 aliphatic heterocycles. The highest BCUT2D eigenvalue weighted by Crippen LogP contribution is 2.26. The molecule has 1 aromatic carbocycles. The van der Waals surface area contributed by atoms with Crippen LogP contribution in [0.5, 0.6) is 0 Å². The number of hydrogen-bond acceptors (Lipinski definition) is 4. The highest BCUT2D eigenvalue weighted by atomic mass is 19.1. The number of ether oxygens (including phenoxy) is 1. The van der Waals surface area contributed by atoms with Crippen molar-refractivity contribution >= 4 is 17.5 Å². The lowest BCUT2D eigenvalue weighted by Gasteiger charge is -2.34. The molecule has 1 fully saturated rings. The van der Waals surface area contributed by atoms with Crippen LogP contribution in [0.15, 0.2) is 18.2 Å². The third kappa shape index (κ3) is 4.58. The summed E-state index contributed by atoms with van der Waals surface area (Å²) in [5.74, 6) is -0.421. The fourth-order valence-electron chi connectivity index (χ4n) is 2.46. The molecule has 128 valence electrons. The Hall–Kier alpha value is -1.82. The van der Waals surface area contributed by atoms with Crippen molar-refractivity contribution in [1.82, 2.24) is 4.90 Å². The van der Waals surface area contributed by atoms with Crippen molar-refractivity contribution in [2.24, 2.45) is 0 Å². The lowest BCUT2D eigenvalue weighted by atomic mass is 10.2. The third-order valence-corrected chi connectivity index (χ3v) is 3.83. The first-order chi connectivity index (χ1) is 10.7. The predicted octanol–water partition coefficient (Wildman–Crippen LogP) is 2.95. The maximum atomic E-state index is 14.4. The molecule has 6 heteroatoms. The minimum atomic E-state index is -0.610. The molecule has 1 amide bonds. The summed E-state index contributed by atoms with van der Waals surface area (Å²) in [5.41, 5.74) is 0.454. The monoisotopic (exact) mass is 323 g/mol. The Morgan fingerprint density at radius 1 is 1.22 bits per heavy atom. The number of hydrogen-bond donors (Lipinski definition) is 0. The van der Waals surface area contributed by atoms with E-state index in [9.17, 15) is 9.18 Å². The van der Waals surface area contributed by atoms with Crippen LogP contribution in [-0.2, 0) is 4.74 Å². The Kier molecular flexibility index (Phi) is 5.14. The summed E-state index contributed by atoms with van der Waals surface area (Å²) in [6, 6.07) is 4.97. The number of amides is 1. The Labute approximate surface area is 137 Å². The zero-order chi connectivity index (χ0) is 17.2. The molecule has 0 saturated carbocycles. The number of likely N-dealkylation sites (N-methyl/N-ethyl adjacent to an activating group) is 1. The predicted molar refractivity (Wildman–Crippen MR) is 90.7 cm³/mol. The molecule has 0 radical (unpaired) electrons. The number of benzene rings is 1. The summed E-state index contributed by atoms with van der Waals surface area (Å²) >= 11 is 0. The van der Waals surface area contributed by atoms with Crippen molar-refractivity contribution in [3.05, 3.63) is 24.0 Å². The number of carbonyl (C=O) groups is 1. The first kappa shape index (κ1) is 17.5. The van der Waals surface area contributed by atoms with Gasteiger partial charge in [-0.05, 0) is 46.0 Å². The third-order valence-electron chi connectivity index (χ3n) is 3.83. The van der Waals surface area contributed by atoms with Crippen molar-refractivity contribution in [2.75, 3.05) is 50.1 Å².